The van der Waals surface area contributed by atoms with E-state index in [0.717, 1.165) is 12.0 Å². The van der Waals surface area contributed by atoms with Crippen LogP contribution in [-0.4, -0.2) is 23.8 Å². The van der Waals surface area contributed by atoms with Gasteiger partial charge in [0.05, 0.1) is 18.3 Å². The van der Waals surface area contributed by atoms with Gasteiger partial charge in [0, 0.05) is 0 Å². The molecule has 0 saturated carbocycles. The van der Waals surface area contributed by atoms with Crippen LogP contribution in [0, 0.1) is 0 Å². The molecule has 19 heavy (non-hydrogen) atoms. The summed E-state index contributed by atoms with van der Waals surface area (Å²) in [7, 11) is 1.38. The molecule has 0 spiro atoms. The van der Waals surface area contributed by atoms with E-state index in [1.807, 2.05) is 18.2 Å². The van der Waals surface area contributed by atoms with Gasteiger partial charge in [-0.25, -0.2) is 4.79 Å². The van der Waals surface area contributed by atoms with Crippen LogP contribution in [0.15, 0.2) is 36.4 Å². The number of rotatable bonds is 5. The van der Waals surface area contributed by atoms with Crippen LogP contribution in [0.1, 0.15) is 49.0 Å². The van der Waals surface area contributed by atoms with E-state index >= 15 is 0 Å². The van der Waals surface area contributed by atoms with Crippen LogP contribution in [0.2, 0.25) is 0 Å². The minimum absolute atomic E-state index is 0.318. The summed E-state index contributed by atoms with van der Waals surface area (Å²) < 4.78 is 4.66. The van der Waals surface area contributed by atoms with E-state index in [-0.39, 0.29) is 5.97 Å². The first-order valence-corrected chi connectivity index (χ1v) is 6.42. The summed E-state index contributed by atoms with van der Waals surface area (Å²) in [5.74, 6) is 0.0198. The summed E-state index contributed by atoms with van der Waals surface area (Å²) in [6, 6.07) is 7.43. The molecular weight excluding hydrogens is 240 g/mol. The molecule has 0 heterocycles. The van der Waals surface area contributed by atoms with E-state index < -0.39 is 5.60 Å². The average Bonchev–Trinajstić information content (AvgIpc) is 2.36. The van der Waals surface area contributed by atoms with Gasteiger partial charge in [-0.2, -0.15) is 0 Å². The van der Waals surface area contributed by atoms with Crippen LogP contribution in [-0.2, 0) is 4.74 Å². The average molecular weight is 262 g/mol. The number of allylic oxidation sites excluding steroid dienone is 1. The summed E-state index contributed by atoms with van der Waals surface area (Å²) in [5.41, 5.74) is 0.951. The highest BCUT2D eigenvalue weighted by Crippen LogP contribution is 2.20. The molecule has 1 rings (SSSR count). The van der Waals surface area contributed by atoms with Crippen molar-refractivity contribution in [2.75, 3.05) is 7.11 Å². The summed E-state index contributed by atoms with van der Waals surface area (Å²) in [6.45, 7) is 5.61. The highest BCUT2D eigenvalue weighted by molar-refractivity contribution is 5.89. The fourth-order valence-corrected chi connectivity index (χ4v) is 1.76. The third-order valence-corrected chi connectivity index (χ3v) is 2.92. The van der Waals surface area contributed by atoms with Gasteiger partial charge >= 0.3 is 5.97 Å². The molecule has 0 aliphatic heterocycles. The number of hydrogen-bond acceptors (Lipinski definition) is 3. The minimum atomic E-state index is -0.769. The molecule has 104 valence electrons. The second-order valence-corrected chi connectivity index (χ2v) is 5.31. The number of methoxy groups -OCH3 is 1. The predicted molar refractivity (Wildman–Crippen MR) is 76.3 cm³/mol. The largest absolute Gasteiger partial charge is 0.465 e. The van der Waals surface area contributed by atoms with Gasteiger partial charge in [0.2, 0.25) is 0 Å². The van der Waals surface area contributed by atoms with Crippen LogP contribution < -0.4 is 0 Å². The molecule has 0 aromatic heterocycles. The van der Waals surface area contributed by atoms with E-state index in [2.05, 4.69) is 11.7 Å². The lowest BCUT2D eigenvalue weighted by molar-refractivity contribution is 0.0600. The topological polar surface area (TPSA) is 46.5 Å². The third-order valence-electron chi connectivity index (χ3n) is 2.92. The zero-order valence-electron chi connectivity index (χ0n) is 12.0. The normalized spacial score (nSPS) is 13.5. The fraction of sp³-hybridized carbons (Fsp3) is 0.438. The number of hydrogen-bond donors (Lipinski definition) is 1. The molecule has 1 atom stereocenters. The molecule has 0 fully saturated rings. The molecule has 0 amide bonds. The van der Waals surface area contributed by atoms with Crippen molar-refractivity contribution in [3.05, 3.63) is 47.5 Å². The Hall–Kier alpha value is -1.61. The smallest absolute Gasteiger partial charge is 0.337 e. The molecule has 3 nitrogen and oxygen atoms in total. The molecule has 1 aromatic rings. The van der Waals surface area contributed by atoms with Gasteiger partial charge in [-0.05, 0) is 43.9 Å². The molecular formula is C16H22O3. The summed E-state index contributed by atoms with van der Waals surface area (Å²) in [6.07, 6.45) is 4.63. The zero-order valence-corrected chi connectivity index (χ0v) is 12.0. The van der Waals surface area contributed by atoms with Gasteiger partial charge in [-0.15, -0.1) is 0 Å². The zero-order chi connectivity index (χ0) is 14.5. The summed E-state index contributed by atoms with van der Waals surface area (Å²) in [5, 5.41) is 9.59. The summed E-state index contributed by atoms with van der Waals surface area (Å²) in [4.78, 5) is 11.3. The number of carbonyl (C=O) groups is 1. The highest BCUT2D eigenvalue weighted by Gasteiger charge is 2.09. The second kappa shape index (κ2) is 6.53. The van der Waals surface area contributed by atoms with Gasteiger partial charge in [0.15, 0.2) is 0 Å². The summed E-state index contributed by atoms with van der Waals surface area (Å²) >= 11 is 0. The Bertz CT molecular complexity index is 438. The fourth-order valence-electron chi connectivity index (χ4n) is 1.76. The Morgan fingerprint density at radius 2 is 1.95 bits per heavy atom. The molecule has 1 aromatic carbocycles. The highest BCUT2D eigenvalue weighted by atomic mass is 16.5. The van der Waals surface area contributed by atoms with E-state index in [9.17, 15) is 9.90 Å². The van der Waals surface area contributed by atoms with Gasteiger partial charge in [0.25, 0.3) is 0 Å². The maximum absolute atomic E-state index is 11.3. The number of aliphatic hydroxyl groups is 1. The quantitative estimate of drug-likeness (QED) is 0.654. The van der Waals surface area contributed by atoms with E-state index in [1.165, 1.54) is 7.11 Å². The van der Waals surface area contributed by atoms with Crippen molar-refractivity contribution >= 4 is 5.97 Å². The second-order valence-electron chi connectivity index (χ2n) is 5.31. The Morgan fingerprint density at radius 1 is 1.37 bits per heavy atom. The Labute approximate surface area is 114 Å². The predicted octanol–water partition coefficient (Wildman–Crippen LogP) is 3.29. The van der Waals surface area contributed by atoms with E-state index in [4.69, 9.17) is 0 Å². The number of esters is 1. The van der Waals surface area contributed by atoms with Crippen molar-refractivity contribution in [1.82, 2.24) is 0 Å². The molecule has 0 aliphatic carbocycles. The Kier molecular flexibility index (Phi) is 5.31. The van der Waals surface area contributed by atoms with E-state index in [1.54, 1.807) is 32.1 Å². The molecule has 0 radical (unpaired) electrons. The van der Waals surface area contributed by atoms with Crippen molar-refractivity contribution in [3.63, 3.8) is 0 Å². The monoisotopic (exact) mass is 262 g/mol. The van der Waals surface area contributed by atoms with Gasteiger partial charge in [-0.3, -0.25) is 0 Å². The standard InChI is InChI=1S/C16H22O3/c1-12(6-5-11-16(2,3)18)13-7-9-14(10-8-13)15(17)19-4/h5,7-12,18H,6H2,1-4H3/t12-/m1/s1. The SMILES string of the molecule is COC(=O)c1ccc([C@H](C)CC=CC(C)(C)O)cc1. The van der Waals surface area contributed by atoms with Crippen molar-refractivity contribution < 1.29 is 14.6 Å². The van der Waals surface area contributed by atoms with Gasteiger partial charge < -0.3 is 9.84 Å². The van der Waals surface area contributed by atoms with Gasteiger partial charge in [0.1, 0.15) is 0 Å². The van der Waals surface area contributed by atoms with Crippen molar-refractivity contribution in [2.24, 2.45) is 0 Å². The minimum Gasteiger partial charge on any atom is -0.465 e. The van der Waals surface area contributed by atoms with Crippen LogP contribution >= 0.6 is 0 Å². The van der Waals surface area contributed by atoms with Crippen LogP contribution in [0.5, 0.6) is 0 Å². The van der Waals surface area contributed by atoms with Crippen LogP contribution in [0.25, 0.3) is 0 Å². The first-order valence-electron chi connectivity index (χ1n) is 6.42. The van der Waals surface area contributed by atoms with Gasteiger partial charge in [-0.1, -0.05) is 31.2 Å². The van der Waals surface area contributed by atoms with Crippen molar-refractivity contribution in [2.45, 2.75) is 38.7 Å². The first kappa shape index (κ1) is 15.4. The van der Waals surface area contributed by atoms with Crippen molar-refractivity contribution in [3.8, 4) is 0 Å². The third kappa shape index (κ3) is 5.26. The first-order chi connectivity index (χ1) is 8.83. The maximum Gasteiger partial charge on any atom is 0.337 e. The van der Waals surface area contributed by atoms with Crippen LogP contribution in [0.4, 0.5) is 0 Å². The Balaban J connectivity index is 2.65. The maximum atomic E-state index is 11.3. The molecule has 0 unspecified atom stereocenters. The molecule has 0 bridgehead atoms. The molecule has 3 heteroatoms. The molecule has 0 aliphatic rings. The van der Waals surface area contributed by atoms with Crippen molar-refractivity contribution in [1.29, 1.82) is 0 Å². The number of benzene rings is 1. The number of ether oxygens (including phenoxy) is 1. The lowest BCUT2D eigenvalue weighted by Gasteiger charge is -2.13. The number of carbonyl (C=O) groups excluding carboxylic acids is 1. The Morgan fingerprint density at radius 3 is 2.42 bits per heavy atom. The molecule has 0 saturated heterocycles. The lowest BCUT2D eigenvalue weighted by atomic mass is 9.95. The van der Waals surface area contributed by atoms with E-state index in [0.29, 0.717) is 11.5 Å². The lowest BCUT2D eigenvalue weighted by Crippen LogP contribution is -2.13. The van der Waals surface area contributed by atoms with Crippen LogP contribution in [0.3, 0.4) is 0 Å². The molecule has 1 N–H and O–H groups in total.